The summed E-state index contributed by atoms with van der Waals surface area (Å²) in [6, 6.07) is 29.2. The van der Waals surface area contributed by atoms with Crippen molar-refractivity contribution in [2.75, 3.05) is 0 Å². The Kier molecular flexibility index (Phi) is 17.2. The second kappa shape index (κ2) is 19.4. The Morgan fingerprint density at radius 1 is 0.385 bits per heavy atom. The zero-order valence-corrected chi connectivity index (χ0v) is 29.8. The second-order valence-corrected chi connectivity index (χ2v) is 23.1. The van der Waals surface area contributed by atoms with Crippen LogP contribution in [-0.2, 0) is 0 Å². The Labute approximate surface area is 248 Å². The normalized spacial score (nSPS) is 12.3. The molecule has 0 nitrogen and oxygen atoms in total. The van der Waals surface area contributed by atoms with Crippen molar-refractivity contribution in [1.29, 1.82) is 0 Å². The van der Waals surface area contributed by atoms with Crippen LogP contribution in [0.2, 0.25) is 36.3 Å². The predicted octanol–water partition coefficient (Wildman–Crippen LogP) is 10.4. The summed E-state index contributed by atoms with van der Waals surface area (Å²) in [5, 5.41) is 6.53. The monoisotopic (exact) mass is 582 g/mol. The molecule has 0 fully saturated rings. The van der Waals surface area contributed by atoms with Crippen molar-refractivity contribution in [3.63, 3.8) is 0 Å². The first-order valence-corrected chi connectivity index (χ1v) is 23.2. The molecular weight excluding hydrogens is 520 g/mol. The summed E-state index contributed by atoms with van der Waals surface area (Å²) in [6.45, 7) is 14.2. The maximum Gasteiger partial charge on any atom is 0.0867 e. The number of benzene rings is 2. The van der Waals surface area contributed by atoms with Crippen LogP contribution in [0.5, 0.6) is 0 Å². The molecular formula is C36H63PSi2. The Morgan fingerprint density at radius 2 is 0.615 bits per heavy atom. The molecule has 0 bridgehead atoms. The first-order valence-electron chi connectivity index (χ1n) is 17.0. The molecule has 0 saturated carbocycles. The molecule has 3 heteroatoms. The van der Waals surface area contributed by atoms with E-state index in [9.17, 15) is 0 Å². The molecule has 0 aliphatic carbocycles. The number of hydrogen-bond donors (Lipinski definition) is 0. The zero-order valence-electron chi connectivity index (χ0n) is 26.8. The summed E-state index contributed by atoms with van der Waals surface area (Å²) in [4.78, 5) is 0. The summed E-state index contributed by atoms with van der Waals surface area (Å²) in [5.74, 6) is 0. The van der Waals surface area contributed by atoms with E-state index in [0.29, 0.717) is 0 Å². The van der Waals surface area contributed by atoms with Gasteiger partial charge in [0.15, 0.2) is 0 Å². The number of rotatable bonds is 22. The summed E-state index contributed by atoms with van der Waals surface area (Å²) in [5.41, 5.74) is 0. The molecule has 0 atom stereocenters. The molecule has 220 valence electrons. The highest BCUT2D eigenvalue weighted by atomic mass is 31.1. The van der Waals surface area contributed by atoms with E-state index >= 15 is 0 Å². The molecule has 2 aromatic carbocycles. The highest BCUT2D eigenvalue weighted by Crippen LogP contribution is 2.30. The van der Waals surface area contributed by atoms with Gasteiger partial charge in [0.05, 0.1) is 16.1 Å². The van der Waals surface area contributed by atoms with E-state index in [4.69, 9.17) is 0 Å². The molecule has 0 N–H and O–H groups in total. The molecule has 0 spiro atoms. The van der Waals surface area contributed by atoms with Crippen LogP contribution >= 0.6 is 8.58 Å². The fourth-order valence-electron chi connectivity index (χ4n) is 6.69. The van der Waals surface area contributed by atoms with Crippen molar-refractivity contribution in [2.24, 2.45) is 0 Å². The van der Waals surface area contributed by atoms with E-state index in [1.54, 1.807) is 10.4 Å². The zero-order chi connectivity index (χ0) is 28.4. The number of hydrogen-bond acceptors (Lipinski definition) is 0. The van der Waals surface area contributed by atoms with Crippen LogP contribution in [0.4, 0.5) is 0 Å². The second-order valence-electron chi connectivity index (χ2n) is 12.5. The van der Waals surface area contributed by atoms with Gasteiger partial charge >= 0.3 is 0 Å². The molecule has 0 aliphatic heterocycles. The first kappa shape index (κ1) is 34.5. The average molecular weight is 583 g/mol. The molecule has 0 amide bonds. The van der Waals surface area contributed by atoms with Gasteiger partial charge in [0.1, 0.15) is 0 Å². The van der Waals surface area contributed by atoms with E-state index in [0.717, 1.165) is 8.58 Å². The average Bonchev–Trinajstić information content (AvgIpc) is 2.98. The third-order valence-electron chi connectivity index (χ3n) is 9.34. The van der Waals surface area contributed by atoms with Gasteiger partial charge < -0.3 is 0 Å². The van der Waals surface area contributed by atoms with E-state index in [-0.39, 0.29) is 0 Å². The van der Waals surface area contributed by atoms with Crippen molar-refractivity contribution in [2.45, 2.75) is 155 Å². The van der Waals surface area contributed by atoms with Gasteiger partial charge in [0, 0.05) is 0 Å². The van der Waals surface area contributed by atoms with Crippen molar-refractivity contribution in [1.82, 2.24) is 0 Å². The number of unbranched alkanes of at least 4 members (excludes halogenated alkanes) is 6. The molecule has 2 rings (SSSR count). The lowest BCUT2D eigenvalue weighted by Gasteiger charge is -2.33. The minimum atomic E-state index is -1.40. The van der Waals surface area contributed by atoms with E-state index < -0.39 is 16.1 Å². The van der Waals surface area contributed by atoms with Crippen molar-refractivity contribution >= 4 is 45.7 Å². The highest BCUT2D eigenvalue weighted by molar-refractivity contribution is 7.55. The van der Waals surface area contributed by atoms with E-state index in [2.05, 4.69) is 90.1 Å². The highest BCUT2D eigenvalue weighted by Gasteiger charge is 2.34. The third kappa shape index (κ3) is 10.9. The molecule has 0 aromatic heterocycles. The predicted molar refractivity (Wildman–Crippen MR) is 190 cm³/mol. The Morgan fingerprint density at radius 3 is 0.821 bits per heavy atom. The van der Waals surface area contributed by atoms with Crippen LogP contribution in [0.1, 0.15) is 119 Å². The summed E-state index contributed by atoms with van der Waals surface area (Å²) >= 11 is 0. The topological polar surface area (TPSA) is 0 Å². The molecule has 0 radical (unpaired) electrons. The molecule has 2 aromatic rings. The van der Waals surface area contributed by atoms with Gasteiger partial charge in [0.2, 0.25) is 0 Å². The van der Waals surface area contributed by atoms with Crippen LogP contribution in [-0.4, -0.2) is 16.1 Å². The van der Waals surface area contributed by atoms with Crippen LogP contribution < -0.4 is 21.0 Å². The molecule has 0 unspecified atom stereocenters. The van der Waals surface area contributed by atoms with Crippen molar-refractivity contribution < 1.29 is 0 Å². The minimum Gasteiger partial charge on any atom is -0.0654 e. The smallest absolute Gasteiger partial charge is 0.0654 e. The summed E-state index contributed by atoms with van der Waals surface area (Å²) in [6.07, 6.45) is 16.5. The maximum absolute atomic E-state index is 2.57. The van der Waals surface area contributed by atoms with Gasteiger partial charge in [-0.15, -0.1) is 0 Å². The SMILES string of the molecule is CCCC[Si](CCCC)(CCCC)c1ccc(Pc2ccc([Si](CCCC)(CCCC)CCCC)cc2)cc1. The lowest BCUT2D eigenvalue weighted by atomic mass is 10.3. The summed E-state index contributed by atoms with van der Waals surface area (Å²) < 4.78 is 0. The lowest BCUT2D eigenvalue weighted by Crippen LogP contribution is -2.47. The van der Waals surface area contributed by atoms with E-state index in [1.165, 1.54) is 124 Å². The largest absolute Gasteiger partial charge is 0.0867 e. The van der Waals surface area contributed by atoms with Crippen molar-refractivity contribution in [3.05, 3.63) is 48.5 Å². The van der Waals surface area contributed by atoms with Gasteiger partial charge in [0.25, 0.3) is 0 Å². The molecule has 0 aliphatic rings. The van der Waals surface area contributed by atoms with Gasteiger partial charge in [-0.05, 0) is 10.6 Å². The van der Waals surface area contributed by atoms with Crippen LogP contribution in [0, 0.1) is 0 Å². The van der Waals surface area contributed by atoms with Gasteiger partial charge in [-0.1, -0.05) is 222 Å². The molecule has 0 heterocycles. The molecule has 39 heavy (non-hydrogen) atoms. The lowest BCUT2D eigenvalue weighted by molar-refractivity contribution is 0.800. The van der Waals surface area contributed by atoms with Crippen LogP contribution in [0.15, 0.2) is 48.5 Å². The molecule has 0 saturated heterocycles. The summed E-state index contributed by atoms with van der Waals surface area (Å²) in [7, 11) is -2.03. The Hall–Kier alpha value is -0.696. The fourth-order valence-corrected chi connectivity index (χ4v) is 18.8. The minimum absolute atomic E-state index is 0.773. The Bertz CT molecular complexity index is 757. The first-order chi connectivity index (χ1) is 19.0. The standard InChI is InChI=1S/C36H63PSi2/c1-7-13-27-38(28-14-8-2,29-15-9-3)35-23-19-33(20-24-35)37-34-21-25-36(26-22-34)39(30-16-10-4,31-17-11-5)32-18-12-6/h19-26,37H,7-18,27-32H2,1-6H3. The van der Waals surface area contributed by atoms with Gasteiger partial charge in [-0.2, -0.15) is 0 Å². The quantitative estimate of drug-likeness (QED) is 0.0957. The van der Waals surface area contributed by atoms with Gasteiger partial charge in [-0.25, -0.2) is 0 Å². The van der Waals surface area contributed by atoms with Crippen LogP contribution in [0.25, 0.3) is 0 Å². The third-order valence-corrected chi connectivity index (χ3v) is 21.6. The van der Waals surface area contributed by atoms with Gasteiger partial charge in [-0.3, -0.25) is 0 Å². The van der Waals surface area contributed by atoms with E-state index in [1.807, 2.05) is 0 Å². The van der Waals surface area contributed by atoms with Crippen LogP contribution in [0.3, 0.4) is 0 Å². The fraction of sp³-hybridized carbons (Fsp3) is 0.667. The maximum atomic E-state index is 2.57. The van der Waals surface area contributed by atoms with Crippen molar-refractivity contribution in [3.8, 4) is 0 Å². The Balaban J connectivity index is 2.25.